The molecule has 1 N–H and O–H groups in total. The predicted octanol–water partition coefficient (Wildman–Crippen LogP) is 6.03. The highest BCUT2D eigenvalue weighted by atomic mass is 28.4. The lowest BCUT2D eigenvalue weighted by atomic mass is 9.71. The normalized spacial score (nSPS) is 35.1. The lowest BCUT2D eigenvalue weighted by Crippen LogP contribution is -2.44. The van der Waals surface area contributed by atoms with Crippen molar-refractivity contribution < 1.29 is 19.0 Å². The molecule has 0 radical (unpaired) electrons. The molecule has 4 rings (SSSR count). The van der Waals surface area contributed by atoms with E-state index in [0.717, 1.165) is 24.8 Å². The molecule has 5 heteroatoms. The molecule has 0 amide bonds. The summed E-state index contributed by atoms with van der Waals surface area (Å²) in [6.45, 7) is 19.5. The Morgan fingerprint density at radius 3 is 2.58 bits per heavy atom. The number of aliphatic hydroxyl groups is 1. The van der Waals surface area contributed by atoms with Gasteiger partial charge in [0.2, 0.25) is 0 Å². The third-order valence-corrected chi connectivity index (χ3v) is 12.7. The number of allylic oxidation sites excluding steroid dienone is 2. The van der Waals surface area contributed by atoms with Crippen molar-refractivity contribution in [3.63, 3.8) is 0 Å². The van der Waals surface area contributed by atoms with Crippen LogP contribution in [0.25, 0.3) is 0 Å². The van der Waals surface area contributed by atoms with E-state index in [4.69, 9.17) is 13.9 Å². The molecular weight excluding hydrogens is 404 g/mol. The van der Waals surface area contributed by atoms with Crippen molar-refractivity contribution in [3.05, 3.63) is 48.6 Å². The first kappa shape index (κ1) is 22.6. The molecule has 3 fully saturated rings. The van der Waals surface area contributed by atoms with Crippen molar-refractivity contribution in [3.8, 4) is 11.5 Å². The predicted molar refractivity (Wildman–Crippen MR) is 127 cm³/mol. The van der Waals surface area contributed by atoms with Crippen LogP contribution in [0.15, 0.2) is 43.0 Å². The van der Waals surface area contributed by atoms with Crippen molar-refractivity contribution in [1.29, 1.82) is 0 Å². The van der Waals surface area contributed by atoms with Crippen molar-refractivity contribution in [2.24, 2.45) is 23.7 Å². The number of hydrogen-bond acceptors (Lipinski definition) is 4. The van der Waals surface area contributed by atoms with E-state index in [0.29, 0.717) is 29.3 Å². The van der Waals surface area contributed by atoms with Gasteiger partial charge in [-0.2, -0.15) is 0 Å². The third kappa shape index (κ3) is 3.49. The van der Waals surface area contributed by atoms with Gasteiger partial charge in [0.15, 0.2) is 11.5 Å². The average Bonchev–Trinajstić information content (AvgIpc) is 3.22. The van der Waals surface area contributed by atoms with Crippen LogP contribution in [-0.4, -0.2) is 26.6 Å². The van der Waals surface area contributed by atoms with Crippen LogP contribution in [0.1, 0.15) is 45.6 Å². The smallest absolute Gasteiger partial charge is 0.250 e. The molecule has 1 aliphatic heterocycles. The maximum absolute atomic E-state index is 12.0. The highest BCUT2D eigenvalue weighted by Crippen LogP contribution is 2.63. The van der Waals surface area contributed by atoms with Crippen LogP contribution in [0.4, 0.5) is 0 Å². The lowest BCUT2D eigenvalue weighted by molar-refractivity contribution is -0.224. The largest absolute Gasteiger partial charge is 0.541 e. The summed E-state index contributed by atoms with van der Waals surface area (Å²) < 4.78 is 18.7. The van der Waals surface area contributed by atoms with Gasteiger partial charge in [-0.05, 0) is 67.4 Å². The Hall–Kier alpha value is -1.56. The number of benzene rings is 1. The fourth-order valence-corrected chi connectivity index (χ4v) is 6.71. The molecule has 31 heavy (non-hydrogen) atoms. The zero-order chi connectivity index (χ0) is 22.8. The second-order valence-corrected chi connectivity index (χ2v) is 15.8. The van der Waals surface area contributed by atoms with Gasteiger partial charge in [0, 0.05) is 17.4 Å². The van der Waals surface area contributed by atoms with Gasteiger partial charge in [-0.1, -0.05) is 39.0 Å². The summed E-state index contributed by atoms with van der Waals surface area (Å²) in [6.07, 6.45) is 4.86. The Kier molecular flexibility index (Phi) is 5.47. The van der Waals surface area contributed by atoms with Crippen LogP contribution in [0.2, 0.25) is 18.1 Å². The monoisotopic (exact) mass is 442 g/mol. The van der Waals surface area contributed by atoms with Gasteiger partial charge in [-0.3, -0.25) is 0 Å². The zero-order valence-electron chi connectivity index (χ0n) is 19.9. The lowest BCUT2D eigenvalue weighted by Gasteiger charge is -2.37. The van der Waals surface area contributed by atoms with Gasteiger partial charge in [-0.25, -0.2) is 0 Å². The summed E-state index contributed by atoms with van der Waals surface area (Å²) in [5.74, 6) is 1.08. The Balaban J connectivity index is 1.73. The first-order valence-electron chi connectivity index (χ1n) is 11.5. The molecule has 0 aromatic heterocycles. The Labute approximate surface area is 188 Å². The molecule has 4 nitrogen and oxygen atoms in total. The highest BCUT2D eigenvalue weighted by molar-refractivity contribution is 6.74. The average molecular weight is 443 g/mol. The Bertz CT molecular complexity index is 886. The second-order valence-electron chi connectivity index (χ2n) is 11.1. The molecule has 2 aliphatic carbocycles. The molecule has 6 atom stereocenters. The van der Waals surface area contributed by atoms with Gasteiger partial charge in [0.25, 0.3) is 8.32 Å². The fourth-order valence-electron chi connectivity index (χ4n) is 5.69. The van der Waals surface area contributed by atoms with Crippen LogP contribution in [0.3, 0.4) is 0 Å². The van der Waals surface area contributed by atoms with Gasteiger partial charge >= 0.3 is 0 Å². The number of methoxy groups -OCH3 is 1. The summed E-state index contributed by atoms with van der Waals surface area (Å²) in [7, 11) is -0.424. The second kappa shape index (κ2) is 7.50. The van der Waals surface area contributed by atoms with Crippen LogP contribution in [-0.2, 0) is 10.5 Å². The fraction of sp³-hybridized carbons (Fsp3) is 0.615. The van der Waals surface area contributed by atoms with E-state index in [2.05, 4.69) is 53.1 Å². The Morgan fingerprint density at radius 2 is 1.97 bits per heavy atom. The van der Waals surface area contributed by atoms with E-state index in [1.165, 1.54) is 5.57 Å². The van der Waals surface area contributed by atoms with Crippen molar-refractivity contribution >= 4 is 8.32 Å². The number of ether oxygens (including phenoxy) is 2. The van der Waals surface area contributed by atoms with E-state index < -0.39 is 14.1 Å². The summed E-state index contributed by atoms with van der Waals surface area (Å²) in [5.41, 5.74) is 2.05. The van der Waals surface area contributed by atoms with Gasteiger partial charge in [0.1, 0.15) is 5.75 Å². The highest BCUT2D eigenvalue weighted by Gasteiger charge is 2.63. The molecule has 2 saturated carbocycles. The maximum atomic E-state index is 12.0. The van der Waals surface area contributed by atoms with E-state index in [1.54, 1.807) is 7.11 Å². The molecule has 170 valence electrons. The summed E-state index contributed by atoms with van der Waals surface area (Å²) in [5, 5.41) is 12.0. The zero-order valence-corrected chi connectivity index (χ0v) is 20.9. The minimum atomic E-state index is -2.08. The van der Waals surface area contributed by atoms with Crippen LogP contribution in [0.5, 0.6) is 11.5 Å². The Morgan fingerprint density at radius 1 is 1.26 bits per heavy atom. The van der Waals surface area contributed by atoms with E-state index in [1.807, 2.05) is 18.2 Å². The number of hydrogen-bond donors (Lipinski definition) is 1. The molecule has 3 aliphatic rings. The maximum Gasteiger partial charge on any atom is 0.250 e. The van der Waals surface area contributed by atoms with Crippen LogP contribution >= 0.6 is 0 Å². The van der Waals surface area contributed by atoms with Gasteiger partial charge in [-0.15, -0.1) is 6.58 Å². The summed E-state index contributed by atoms with van der Waals surface area (Å²) in [6, 6.07) is 5.78. The quantitative estimate of drug-likeness (QED) is 0.447. The standard InChI is InChI=1S/C26H38O4Si/c1-9-17-14-19-24-21(12-10-16(2)23(17)24)29-26(19,27)18-11-13-20(28-6)22(15-18)30-31(7,8)25(3,4)5/h9,11,13,15,17,19,21,23-24,27H,1-2,10,12,14H2,3-8H3/t17-,19-,21+,23+,24+,26?/m0/s1. The topological polar surface area (TPSA) is 47.9 Å². The van der Waals surface area contributed by atoms with E-state index in [-0.39, 0.29) is 17.1 Å². The SMILES string of the molecule is C=C[C@H]1C[C@H]2[C@H]3[C@@H]1C(=C)CC[C@H]3OC2(O)c1ccc(OC)c(O[Si](C)(C)C(C)(C)C)c1. The minimum absolute atomic E-state index is 0.0247. The molecule has 1 aromatic carbocycles. The molecule has 1 aromatic rings. The van der Waals surface area contributed by atoms with Crippen molar-refractivity contribution in [1.82, 2.24) is 0 Å². The first-order chi connectivity index (χ1) is 14.4. The number of rotatable bonds is 5. The molecule has 0 spiro atoms. The van der Waals surface area contributed by atoms with E-state index >= 15 is 0 Å². The molecule has 1 saturated heterocycles. The molecule has 1 heterocycles. The molecule has 1 unspecified atom stereocenters. The third-order valence-electron chi connectivity index (χ3n) is 8.40. The first-order valence-corrected chi connectivity index (χ1v) is 14.4. The molecule has 0 bridgehead atoms. The van der Waals surface area contributed by atoms with Crippen molar-refractivity contribution in [2.75, 3.05) is 7.11 Å². The minimum Gasteiger partial charge on any atom is -0.541 e. The van der Waals surface area contributed by atoms with Gasteiger partial charge < -0.3 is 19.0 Å². The molecular formula is C26H38O4Si. The van der Waals surface area contributed by atoms with Crippen LogP contribution in [0, 0.1) is 23.7 Å². The van der Waals surface area contributed by atoms with Crippen molar-refractivity contribution in [2.45, 2.75) is 70.1 Å². The van der Waals surface area contributed by atoms with E-state index in [9.17, 15) is 5.11 Å². The van der Waals surface area contributed by atoms with Crippen LogP contribution < -0.4 is 9.16 Å². The summed E-state index contributed by atoms with van der Waals surface area (Å²) >= 11 is 0. The van der Waals surface area contributed by atoms with Gasteiger partial charge in [0.05, 0.1) is 13.2 Å². The summed E-state index contributed by atoms with van der Waals surface area (Å²) in [4.78, 5) is 0.